The van der Waals surface area contributed by atoms with E-state index in [4.69, 9.17) is 14.6 Å². The van der Waals surface area contributed by atoms with Gasteiger partial charge in [0.05, 0.1) is 18.4 Å². The second kappa shape index (κ2) is 6.38. The standard InChI is InChI=1S/C14H17NO5/c1-19-6-7-20-10-4-2-9(3-5-10)15-13(16)11-8-12(11)14(17)18/h2-5,11-12H,6-8H2,1H3,(H,15,16)(H,17,18)/t11-,12+/m1/s1. The maximum Gasteiger partial charge on any atom is 0.307 e. The summed E-state index contributed by atoms with van der Waals surface area (Å²) >= 11 is 0. The molecule has 1 aromatic rings. The number of anilines is 1. The zero-order valence-corrected chi connectivity index (χ0v) is 11.2. The number of hydrogen-bond acceptors (Lipinski definition) is 4. The summed E-state index contributed by atoms with van der Waals surface area (Å²) in [5.41, 5.74) is 0.630. The maximum absolute atomic E-state index is 11.8. The van der Waals surface area contributed by atoms with Crippen LogP contribution >= 0.6 is 0 Å². The van der Waals surface area contributed by atoms with Crippen molar-refractivity contribution in [3.63, 3.8) is 0 Å². The van der Waals surface area contributed by atoms with Gasteiger partial charge in [-0.15, -0.1) is 0 Å². The van der Waals surface area contributed by atoms with Crippen LogP contribution in [0.2, 0.25) is 0 Å². The molecular weight excluding hydrogens is 262 g/mol. The predicted octanol–water partition coefficient (Wildman–Crippen LogP) is 1.37. The molecule has 0 aliphatic heterocycles. The van der Waals surface area contributed by atoms with Gasteiger partial charge >= 0.3 is 5.97 Å². The Morgan fingerprint density at radius 1 is 1.25 bits per heavy atom. The summed E-state index contributed by atoms with van der Waals surface area (Å²) < 4.78 is 10.3. The van der Waals surface area contributed by atoms with E-state index in [0.717, 1.165) is 0 Å². The van der Waals surface area contributed by atoms with Crippen LogP contribution in [-0.4, -0.2) is 37.3 Å². The summed E-state index contributed by atoms with van der Waals surface area (Å²) in [7, 11) is 1.60. The molecule has 2 N–H and O–H groups in total. The number of rotatable bonds is 7. The average Bonchev–Trinajstić information content (AvgIpc) is 3.21. The number of carboxylic acid groups (broad SMARTS) is 1. The zero-order chi connectivity index (χ0) is 14.5. The molecule has 2 atom stereocenters. The molecule has 1 amide bonds. The van der Waals surface area contributed by atoms with Gasteiger partial charge in [0.15, 0.2) is 0 Å². The van der Waals surface area contributed by atoms with E-state index in [9.17, 15) is 9.59 Å². The van der Waals surface area contributed by atoms with Crippen LogP contribution in [0.4, 0.5) is 5.69 Å². The van der Waals surface area contributed by atoms with Crippen molar-refractivity contribution < 1.29 is 24.2 Å². The van der Waals surface area contributed by atoms with Gasteiger partial charge in [0.1, 0.15) is 12.4 Å². The first-order chi connectivity index (χ1) is 9.61. The minimum absolute atomic E-state index is 0.245. The van der Waals surface area contributed by atoms with Crippen molar-refractivity contribution in [2.45, 2.75) is 6.42 Å². The molecular formula is C14H17NO5. The lowest BCUT2D eigenvalue weighted by atomic mass is 10.2. The van der Waals surface area contributed by atoms with Crippen LogP contribution in [0.1, 0.15) is 6.42 Å². The number of nitrogens with one attached hydrogen (secondary N) is 1. The Balaban J connectivity index is 1.82. The molecule has 0 spiro atoms. The van der Waals surface area contributed by atoms with Crippen molar-refractivity contribution in [1.82, 2.24) is 0 Å². The molecule has 2 rings (SSSR count). The van der Waals surface area contributed by atoms with Gasteiger partial charge in [0.2, 0.25) is 5.91 Å². The van der Waals surface area contributed by atoms with E-state index in [2.05, 4.69) is 5.32 Å². The van der Waals surface area contributed by atoms with Crippen molar-refractivity contribution in [2.75, 3.05) is 25.6 Å². The van der Waals surface area contributed by atoms with Gasteiger partial charge in [0.25, 0.3) is 0 Å². The largest absolute Gasteiger partial charge is 0.491 e. The molecule has 1 saturated carbocycles. The molecule has 1 aliphatic carbocycles. The van der Waals surface area contributed by atoms with E-state index < -0.39 is 17.8 Å². The third-order valence-corrected chi connectivity index (χ3v) is 3.12. The SMILES string of the molecule is COCCOc1ccc(NC(=O)[C@@H]2C[C@@H]2C(=O)O)cc1. The van der Waals surface area contributed by atoms with E-state index in [1.165, 1.54) is 0 Å². The zero-order valence-electron chi connectivity index (χ0n) is 11.2. The van der Waals surface area contributed by atoms with Gasteiger partial charge in [-0.05, 0) is 30.7 Å². The lowest BCUT2D eigenvalue weighted by molar-refractivity contribution is -0.139. The van der Waals surface area contributed by atoms with E-state index in [1.807, 2.05) is 0 Å². The van der Waals surface area contributed by atoms with Crippen LogP contribution in [-0.2, 0) is 14.3 Å². The van der Waals surface area contributed by atoms with Gasteiger partial charge in [-0.25, -0.2) is 0 Å². The van der Waals surface area contributed by atoms with Gasteiger partial charge in [0, 0.05) is 12.8 Å². The fourth-order valence-corrected chi connectivity index (χ4v) is 1.87. The molecule has 0 bridgehead atoms. The van der Waals surface area contributed by atoms with Crippen LogP contribution in [0, 0.1) is 11.8 Å². The van der Waals surface area contributed by atoms with Gasteiger partial charge in [-0.3, -0.25) is 9.59 Å². The number of aliphatic carboxylic acids is 1. The fourth-order valence-electron chi connectivity index (χ4n) is 1.87. The number of benzene rings is 1. The molecule has 1 aliphatic rings. The third kappa shape index (κ3) is 3.71. The first-order valence-electron chi connectivity index (χ1n) is 6.37. The van der Waals surface area contributed by atoms with Crippen LogP contribution in [0.15, 0.2) is 24.3 Å². The summed E-state index contributed by atoms with van der Waals surface area (Å²) in [6.07, 6.45) is 0.416. The molecule has 6 heteroatoms. The number of carboxylic acids is 1. The molecule has 0 heterocycles. The van der Waals surface area contributed by atoms with E-state index in [-0.39, 0.29) is 5.91 Å². The summed E-state index contributed by atoms with van der Waals surface area (Å²) in [4.78, 5) is 22.5. The highest BCUT2D eigenvalue weighted by Crippen LogP contribution is 2.39. The molecule has 0 radical (unpaired) electrons. The Morgan fingerprint density at radius 2 is 1.95 bits per heavy atom. The number of amides is 1. The summed E-state index contributed by atoms with van der Waals surface area (Å²) in [6, 6.07) is 6.93. The lowest BCUT2D eigenvalue weighted by Gasteiger charge is -2.07. The van der Waals surface area contributed by atoms with Crippen LogP contribution in [0.3, 0.4) is 0 Å². The summed E-state index contributed by atoms with van der Waals surface area (Å²) in [5, 5.41) is 11.5. The highest BCUT2D eigenvalue weighted by Gasteiger charge is 2.48. The van der Waals surface area contributed by atoms with Crippen molar-refractivity contribution in [3.8, 4) is 5.75 Å². The number of carbonyl (C=O) groups is 2. The Hall–Kier alpha value is -2.08. The van der Waals surface area contributed by atoms with Crippen LogP contribution in [0.5, 0.6) is 5.75 Å². The highest BCUT2D eigenvalue weighted by molar-refractivity contribution is 5.98. The van der Waals surface area contributed by atoms with E-state index in [0.29, 0.717) is 31.1 Å². The summed E-state index contributed by atoms with van der Waals surface area (Å²) in [5.74, 6) is -1.41. The second-order valence-corrected chi connectivity index (χ2v) is 4.64. The van der Waals surface area contributed by atoms with E-state index in [1.54, 1.807) is 31.4 Å². The van der Waals surface area contributed by atoms with Crippen molar-refractivity contribution in [2.24, 2.45) is 11.8 Å². The smallest absolute Gasteiger partial charge is 0.307 e. The quantitative estimate of drug-likeness (QED) is 0.736. The van der Waals surface area contributed by atoms with Crippen LogP contribution < -0.4 is 10.1 Å². The molecule has 6 nitrogen and oxygen atoms in total. The monoisotopic (exact) mass is 279 g/mol. The third-order valence-electron chi connectivity index (χ3n) is 3.12. The van der Waals surface area contributed by atoms with Crippen LogP contribution in [0.25, 0.3) is 0 Å². The predicted molar refractivity (Wildman–Crippen MR) is 71.7 cm³/mol. The molecule has 1 fully saturated rings. The van der Waals surface area contributed by atoms with E-state index >= 15 is 0 Å². The average molecular weight is 279 g/mol. The minimum Gasteiger partial charge on any atom is -0.491 e. The van der Waals surface area contributed by atoms with Gasteiger partial charge in [-0.2, -0.15) is 0 Å². The molecule has 0 unspecified atom stereocenters. The fraction of sp³-hybridized carbons (Fsp3) is 0.429. The molecule has 0 aromatic heterocycles. The summed E-state index contributed by atoms with van der Waals surface area (Å²) in [6.45, 7) is 0.974. The normalized spacial score (nSPS) is 20.2. The number of carbonyl (C=O) groups excluding carboxylic acids is 1. The Bertz CT molecular complexity index is 485. The first kappa shape index (κ1) is 14.3. The number of hydrogen-bond donors (Lipinski definition) is 2. The Morgan fingerprint density at radius 3 is 2.50 bits per heavy atom. The first-order valence-corrected chi connectivity index (χ1v) is 6.37. The Kier molecular flexibility index (Phi) is 4.57. The molecule has 0 saturated heterocycles. The Labute approximate surface area is 116 Å². The number of methoxy groups -OCH3 is 1. The second-order valence-electron chi connectivity index (χ2n) is 4.64. The van der Waals surface area contributed by atoms with Gasteiger partial charge in [-0.1, -0.05) is 0 Å². The van der Waals surface area contributed by atoms with Gasteiger partial charge < -0.3 is 19.9 Å². The van der Waals surface area contributed by atoms with Crippen molar-refractivity contribution in [1.29, 1.82) is 0 Å². The topological polar surface area (TPSA) is 84.9 Å². The van der Waals surface area contributed by atoms with Crippen molar-refractivity contribution in [3.05, 3.63) is 24.3 Å². The number of ether oxygens (including phenoxy) is 2. The molecule has 108 valence electrons. The molecule has 1 aromatic carbocycles. The minimum atomic E-state index is -0.910. The highest BCUT2D eigenvalue weighted by atomic mass is 16.5. The lowest BCUT2D eigenvalue weighted by Crippen LogP contribution is -2.16. The maximum atomic E-state index is 11.8. The van der Waals surface area contributed by atoms with Crippen molar-refractivity contribution >= 4 is 17.6 Å². The molecule has 20 heavy (non-hydrogen) atoms.